The van der Waals surface area contributed by atoms with Crippen LogP contribution in [0.1, 0.15) is 18.5 Å². The van der Waals surface area contributed by atoms with Crippen LogP contribution in [0.25, 0.3) is 0 Å². The summed E-state index contributed by atoms with van der Waals surface area (Å²) in [5, 5.41) is 3.18. The molecule has 100 valence electrons. The first-order chi connectivity index (χ1) is 9.10. The van der Waals surface area contributed by atoms with Crippen LogP contribution in [0.3, 0.4) is 0 Å². The van der Waals surface area contributed by atoms with Gasteiger partial charge in [0.2, 0.25) is 0 Å². The van der Waals surface area contributed by atoms with Crippen molar-refractivity contribution in [2.75, 3.05) is 7.05 Å². The zero-order valence-electron chi connectivity index (χ0n) is 10.8. The van der Waals surface area contributed by atoms with Gasteiger partial charge in [0.25, 0.3) is 0 Å². The lowest BCUT2D eigenvalue weighted by Crippen LogP contribution is -2.12. The van der Waals surface area contributed by atoms with Crippen LogP contribution in [0.5, 0.6) is 11.5 Å². The van der Waals surface area contributed by atoms with Crippen molar-refractivity contribution in [1.29, 1.82) is 0 Å². The van der Waals surface area contributed by atoms with E-state index in [1.54, 1.807) is 6.07 Å². The summed E-state index contributed by atoms with van der Waals surface area (Å²) in [6.45, 7) is 2.08. The lowest BCUT2D eigenvalue weighted by Gasteiger charge is -2.13. The first kappa shape index (κ1) is 14.0. The van der Waals surface area contributed by atoms with Crippen molar-refractivity contribution in [3.05, 3.63) is 58.3 Å². The first-order valence-electron chi connectivity index (χ1n) is 6.00. The van der Waals surface area contributed by atoms with Gasteiger partial charge in [-0.3, -0.25) is 0 Å². The number of benzene rings is 2. The molecule has 0 fully saturated rings. The fourth-order valence-electron chi connectivity index (χ4n) is 1.70. The van der Waals surface area contributed by atoms with Gasteiger partial charge in [-0.05, 0) is 65.8 Å². The molecule has 0 heterocycles. The summed E-state index contributed by atoms with van der Waals surface area (Å²) in [5.41, 5.74) is 1.14. The van der Waals surface area contributed by atoms with Gasteiger partial charge in [0.15, 0.2) is 0 Å². The molecule has 1 atom stereocenters. The molecule has 0 aliphatic heterocycles. The Morgan fingerprint density at radius 2 is 2.00 bits per heavy atom. The maximum absolute atomic E-state index is 13.0. The van der Waals surface area contributed by atoms with E-state index in [-0.39, 0.29) is 11.9 Å². The zero-order valence-corrected chi connectivity index (χ0v) is 12.4. The molecular formula is C15H15BrFNO. The Labute approximate surface area is 120 Å². The molecule has 0 saturated heterocycles. The van der Waals surface area contributed by atoms with Crippen molar-refractivity contribution in [2.24, 2.45) is 0 Å². The molecule has 2 aromatic carbocycles. The van der Waals surface area contributed by atoms with Gasteiger partial charge in [-0.15, -0.1) is 0 Å². The van der Waals surface area contributed by atoms with Gasteiger partial charge in [-0.1, -0.05) is 12.1 Å². The van der Waals surface area contributed by atoms with E-state index in [0.717, 1.165) is 11.3 Å². The number of rotatable bonds is 4. The van der Waals surface area contributed by atoms with Gasteiger partial charge in [-0.25, -0.2) is 4.39 Å². The van der Waals surface area contributed by atoms with E-state index in [1.807, 2.05) is 31.3 Å². The molecule has 19 heavy (non-hydrogen) atoms. The second kappa shape index (κ2) is 6.17. The molecule has 0 spiro atoms. The Bertz CT molecular complexity index is 574. The molecule has 0 aliphatic rings. The number of hydrogen-bond donors (Lipinski definition) is 1. The lowest BCUT2D eigenvalue weighted by molar-refractivity contribution is 0.475. The number of nitrogens with one attached hydrogen (secondary N) is 1. The zero-order chi connectivity index (χ0) is 13.8. The van der Waals surface area contributed by atoms with E-state index in [1.165, 1.54) is 12.1 Å². The maximum atomic E-state index is 13.0. The normalized spacial score (nSPS) is 12.2. The van der Waals surface area contributed by atoms with Crippen LogP contribution in [-0.2, 0) is 0 Å². The largest absolute Gasteiger partial charge is 0.456 e. The maximum Gasteiger partial charge on any atom is 0.141 e. The molecular weight excluding hydrogens is 309 g/mol. The fraction of sp³-hybridized carbons (Fsp3) is 0.200. The molecule has 0 amide bonds. The molecule has 2 nitrogen and oxygen atoms in total. The van der Waals surface area contributed by atoms with Crippen molar-refractivity contribution in [1.82, 2.24) is 5.32 Å². The predicted octanol–water partition coefficient (Wildman–Crippen LogP) is 4.66. The van der Waals surface area contributed by atoms with Gasteiger partial charge in [-0.2, -0.15) is 0 Å². The lowest BCUT2D eigenvalue weighted by atomic mass is 10.1. The Kier molecular flexibility index (Phi) is 4.56. The molecule has 0 radical (unpaired) electrons. The molecule has 1 unspecified atom stereocenters. The summed E-state index contributed by atoms with van der Waals surface area (Å²) in [7, 11) is 1.91. The molecule has 2 rings (SSSR count). The van der Waals surface area contributed by atoms with Gasteiger partial charge in [0, 0.05) is 6.04 Å². The Hall–Kier alpha value is -1.39. The second-order valence-electron chi connectivity index (χ2n) is 4.26. The third-order valence-corrected chi connectivity index (χ3v) is 3.53. The summed E-state index contributed by atoms with van der Waals surface area (Å²) < 4.78 is 19.4. The highest BCUT2D eigenvalue weighted by molar-refractivity contribution is 9.10. The van der Waals surface area contributed by atoms with Crippen LogP contribution < -0.4 is 10.1 Å². The van der Waals surface area contributed by atoms with Crippen LogP contribution in [-0.4, -0.2) is 7.05 Å². The van der Waals surface area contributed by atoms with Gasteiger partial charge < -0.3 is 10.1 Å². The Balaban J connectivity index is 2.23. The van der Waals surface area contributed by atoms with Crippen LogP contribution in [0.4, 0.5) is 4.39 Å². The fourth-order valence-corrected chi connectivity index (χ4v) is 2.13. The molecule has 0 bridgehead atoms. The summed E-state index contributed by atoms with van der Waals surface area (Å²) in [6, 6.07) is 12.4. The molecule has 1 N–H and O–H groups in total. The summed E-state index contributed by atoms with van der Waals surface area (Å²) in [6.07, 6.45) is 0. The standard InChI is InChI=1S/C15H15BrFNO/c1-10(18-2)11-4-3-5-13(8-11)19-15-7-6-12(17)9-14(15)16/h3-10,18H,1-2H3. The average Bonchev–Trinajstić information content (AvgIpc) is 2.41. The smallest absolute Gasteiger partial charge is 0.141 e. The number of halogens is 2. The molecule has 0 aromatic heterocycles. The van der Waals surface area contributed by atoms with Crippen molar-refractivity contribution in [3.63, 3.8) is 0 Å². The quantitative estimate of drug-likeness (QED) is 0.883. The second-order valence-corrected chi connectivity index (χ2v) is 5.11. The van der Waals surface area contributed by atoms with E-state index in [2.05, 4.69) is 28.2 Å². The van der Waals surface area contributed by atoms with E-state index in [9.17, 15) is 4.39 Å². The van der Waals surface area contributed by atoms with E-state index in [0.29, 0.717) is 10.2 Å². The third-order valence-electron chi connectivity index (χ3n) is 2.91. The molecule has 2 aromatic rings. The Morgan fingerprint density at radius 1 is 1.21 bits per heavy atom. The van der Waals surface area contributed by atoms with Crippen molar-refractivity contribution in [2.45, 2.75) is 13.0 Å². The third kappa shape index (κ3) is 3.55. The van der Waals surface area contributed by atoms with Gasteiger partial charge in [0.05, 0.1) is 4.47 Å². The molecule has 0 saturated carbocycles. The minimum Gasteiger partial charge on any atom is -0.456 e. The van der Waals surface area contributed by atoms with E-state index >= 15 is 0 Å². The first-order valence-corrected chi connectivity index (χ1v) is 6.79. The van der Waals surface area contributed by atoms with Crippen molar-refractivity contribution in [3.8, 4) is 11.5 Å². The summed E-state index contributed by atoms with van der Waals surface area (Å²) in [4.78, 5) is 0. The van der Waals surface area contributed by atoms with Gasteiger partial charge >= 0.3 is 0 Å². The minimum absolute atomic E-state index is 0.250. The van der Waals surface area contributed by atoms with Crippen LogP contribution in [0.15, 0.2) is 46.9 Å². The van der Waals surface area contributed by atoms with Crippen molar-refractivity contribution < 1.29 is 9.13 Å². The Morgan fingerprint density at radius 3 is 2.68 bits per heavy atom. The SMILES string of the molecule is CNC(C)c1cccc(Oc2ccc(F)cc2Br)c1. The van der Waals surface area contributed by atoms with Crippen LogP contribution in [0, 0.1) is 5.82 Å². The topological polar surface area (TPSA) is 21.3 Å². The average molecular weight is 324 g/mol. The monoisotopic (exact) mass is 323 g/mol. The molecule has 0 aliphatic carbocycles. The van der Waals surface area contributed by atoms with E-state index in [4.69, 9.17) is 4.74 Å². The highest BCUT2D eigenvalue weighted by Crippen LogP contribution is 2.31. The van der Waals surface area contributed by atoms with Crippen molar-refractivity contribution >= 4 is 15.9 Å². The minimum atomic E-state index is -0.295. The predicted molar refractivity (Wildman–Crippen MR) is 78.1 cm³/mol. The summed E-state index contributed by atoms with van der Waals surface area (Å²) in [5.74, 6) is 1.03. The van der Waals surface area contributed by atoms with E-state index < -0.39 is 0 Å². The highest BCUT2D eigenvalue weighted by Gasteiger charge is 2.07. The van der Waals surface area contributed by atoms with Gasteiger partial charge in [0.1, 0.15) is 17.3 Å². The number of ether oxygens (including phenoxy) is 1. The highest BCUT2D eigenvalue weighted by atomic mass is 79.9. The van der Waals surface area contributed by atoms with Crippen LogP contribution >= 0.6 is 15.9 Å². The number of hydrogen-bond acceptors (Lipinski definition) is 2. The molecule has 4 heteroatoms. The van der Waals surface area contributed by atoms with Crippen LogP contribution in [0.2, 0.25) is 0 Å². The summed E-state index contributed by atoms with van der Waals surface area (Å²) >= 11 is 3.29.